The van der Waals surface area contributed by atoms with Gasteiger partial charge in [0, 0.05) is 31.4 Å². The highest BCUT2D eigenvalue weighted by Crippen LogP contribution is 2.27. The fourth-order valence-corrected chi connectivity index (χ4v) is 3.19. The molecule has 22 heavy (non-hydrogen) atoms. The van der Waals surface area contributed by atoms with Crippen LogP contribution in [0, 0.1) is 5.92 Å². The molecule has 0 atom stereocenters. The lowest BCUT2D eigenvalue weighted by Gasteiger charge is -2.31. The summed E-state index contributed by atoms with van der Waals surface area (Å²) < 4.78 is 0. The Morgan fingerprint density at radius 2 is 2.09 bits per heavy atom. The normalized spacial score (nSPS) is 14.9. The molecule has 0 radical (unpaired) electrons. The van der Waals surface area contributed by atoms with Crippen molar-refractivity contribution < 1.29 is 4.79 Å². The number of rotatable bonds is 3. The molecule has 6 heteroatoms. The number of carbonyl (C=O) groups is 1. The standard InChI is InChI=1S/C14H16N4OS.C2H6/c19-14(17-12-10-15-5-6-16-12)11-3-7-18(8-4-11)13-2-1-9-20-13;1-2/h1-2,5-6,9-11H,3-4,7-8H2,(H,16,17,19);1-2H3. The summed E-state index contributed by atoms with van der Waals surface area (Å²) in [6.07, 6.45) is 6.50. The maximum Gasteiger partial charge on any atom is 0.228 e. The fourth-order valence-electron chi connectivity index (χ4n) is 2.40. The van der Waals surface area contributed by atoms with Gasteiger partial charge in [0.05, 0.1) is 11.2 Å². The highest BCUT2D eigenvalue weighted by molar-refractivity contribution is 7.14. The topological polar surface area (TPSA) is 58.1 Å². The molecule has 0 saturated carbocycles. The van der Waals surface area contributed by atoms with E-state index >= 15 is 0 Å². The number of carbonyl (C=O) groups excluding carboxylic acids is 1. The maximum absolute atomic E-state index is 12.2. The summed E-state index contributed by atoms with van der Waals surface area (Å²) in [5.41, 5.74) is 0. The minimum absolute atomic E-state index is 0.0522. The average Bonchev–Trinajstić information content (AvgIpc) is 3.12. The van der Waals surface area contributed by atoms with Crippen molar-refractivity contribution in [3.63, 3.8) is 0 Å². The van der Waals surface area contributed by atoms with Gasteiger partial charge in [-0.3, -0.25) is 9.78 Å². The third-order valence-electron chi connectivity index (χ3n) is 3.50. The van der Waals surface area contributed by atoms with Gasteiger partial charge in [0.25, 0.3) is 0 Å². The molecular weight excluding hydrogens is 296 g/mol. The highest BCUT2D eigenvalue weighted by atomic mass is 32.1. The fraction of sp³-hybridized carbons (Fsp3) is 0.438. The zero-order valence-electron chi connectivity index (χ0n) is 13.0. The van der Waals surface area contributed by atoms with E-state index in [1.807, 2.05) is 13.8 Å². The lowest BCUT2D eigenvalue weighted by Crippen LogP contribution is -2.37. The molecule has 5 nitrogen and oxygen atoms in total. The van der Waals surface area contributed by atoms with E-state index in [0.29, 0.717) is 5.82 Å². The van der Waals surface area contributed by atoms with Gasteiger partial charge in [-0.25, -0.2) is 4.98 Å². The van der Waals surface area contributed by atoms with Crippen molar-refractivity contribution in [1.82, 2.24) is 9.97 Å². The van der Waals surface area contributed by atoms with E-state index in [-0.39, 0.29) is 11.8 Å². The predicted molar refractivity (Wildman–Crippen MR) is 91.3 cm³/mol. The number of nitrogens with zero attached hydrogens (tertiary/aromatic N) is 3. The minimum Gasteiger partial charge on any atom is -0.363 e. The van der Waals surface area contributed by atoms with Crippen LogP contribution in [0.1, 0.15) is 26.7 Å². The van der Waals surface area contributed by atoms with E-state index in [0.717, 1.165) is 25.9 Å². The van der Waals surface area contributed by atoms with Gasteiger partial charge in [-0.1, -0.05) is 13.8 Å². The Balaban J connectivity index is 0.000000847. The molecule has 0 bridgehead atoms. The number of hydrogen-bond donors (Lipinski definition) is 1. The van der Waals surface area contributed by atoms with Crippen molar-refractivity contribution in [1.29, 1.82) is 0 Å². The van der Waals surface area contributed by atoms with Crippen LogP contribution in [0.3, 0.4) is 0 Å². The summed E-state index contributed by atoms with van der Waals surface area (Å²) in [7, 11) is 0. The summed E-state index contributed by atoms with van der Waals surface area (Å²) in [6, 6.07) is 4.19. The summed E-state index contributed by atoms with van der Waals surface area (Å²) >= 11 is 1.75. The van der Waals surface area contributed by atoms with E-state index in [1.54, 1.807) is 29.9 Å². The molecule has 0 aliphatic carbocycles. The quantitative estimate of drug-likeness (QED) is 0.942. The monoisotopic (exact) mass is 318 g/mol. The molecule has 0 aromatic carbocycles. The van der Waals surface area contributed by atoms with Crippen molar-refractivity contribution in [2.24, 2.45) is 5.92 Å². The second kappa shape index (κ2) is 8.48. The van der Waals surface area contributed by atoms with E-state index in [1.165, 1.54) is 5.00 Å². The molecule has 118 valence electrons. The van der Waals surface area contributed by atoms with Gasteiger partial charge in [-0.05, 0) is 30.4 Å². The molecule has 2 aromatic rings. The van der Waals surface area contributed by atoms with Crippen LogP contribution in [-0.4, -0.2) is 29.0 Å². The SMILES string of the molecule is CC.O=C(Nc1cnccn1)C1CCN(c2cccs2)CC1. The van der Waals surface area contributed by atoms with Crippen molar-refractivity contribution in [2.45, 2.75) is 26.7 Å². The Kier molecular flexibility index (Phi) is 6.33. The smallest absolute Gasteiger partial charge is 0.228 e. The van der Waals surface area contributed by atoms with Crippen LogP contribution in [0.4, 0.5) is 10.8 Å². The highest BCUT2D eigenvalue weighted by Gasteiger charge is 2.25. The molecule has 1 aliphatic rings. The van der Waals surface area contributed by atoms with Crippen LogP contribution < -0.4 is 10.2 Å². The van der Waals surface area contributed by atoms with Crippen molar-refractivity contribution in [3.8, 4) is 0 Å². The summed E-state index contributed by atoms with van der Waals surface area (Å²) in [5, 5.41) is 6.21. The van der Waals surface area contributed by atoms with Crippen LogP contribution in [0.2, 0.25) is 0 Å². The van der Waals surface area contributed by atoms with Crippen LogP contribution in [0.25, 0.3) is 0 Å². The van der Waals surface area contributed by atoms with Gasteiger partial charge in [0.15, 0.2) is 5.82 Å². The molecular formula is C16H22N4OS. The first kappa shape index (κ1) is 16.4. The van der Waals surface area contributed by atoms with Crippen molar-refractivity contribution in [3.05, 3.63) is 36.1 Å². The summed E-state index contributed by atoms with van der Waals surface area (Å²) in [6.45, 7) is 5.86. The number of thiophene rings is 1. The van der Waals surface area contributed by atoms with Gasteiger partial charge in [-0.2, -0.15) is 0 Å². The second-order valence-corrected chi connectivity index (χ2v) is 5.72. The predicted octanol–water partition coefficient (Wildman–Crippen LogP) is 3.42. The van der Waals surface area contributed by atoms with Crippen LogP contribution in [0.15, 0.2) is 36.1 Å². The Labute approximate surface area is 135 Å². The first-order valence-corrected chi connectivity index (χ1v) is 8.56. The molecule has 1 amide bonds. The number of aromatic nitrogens is 2. The maximum atomic E-state index is 12.2. The molecule has 1 N–H and O–H groups in total. The number of nitrogens with one attached hydrogen (secondary N) is 1. The minimum atomic E-state index is 0.0522. The van der Waals surface area contributed by atoms with E-state index in [4.69, 9.17) is 0 Å². The summed E-state index contributed by atoms with van der Waals surface area (Å²) in [4.78, 5) is 22.5. The largest absolute Gasteiger partial charge is 0.363 e. The van der Waals surface area contributed by atoms with Gasteiger partial charge in [0.2, 0.25) is 5.91 Å². The lowest BCUT2D eigenvalue weighted by molar-refractivity contribution is -0.120. The van der Waals surface area contributed by atoms with Gasteiger partial charge in [-0.15, -0.1) is 11.3 Å². The van der Waals surface area contributed by atoms with Gasteiger partial charge >= 0.3 is 0 Å². The average molecular weight is 318 g/mol. The Morgan fingerprint density at radius 1 is 1.32 bits per heavy atom. The van der Waals surface area contributed by atoms with Crippen LogP contribution in [-0.2, 0) is 4.79 Å². The molecule has 2 aromatic heterocycles. The first-order valence-electron chi connectivity index (χ1n) is 7.68. The van der Waals surface area contributed by atoms with Crippen molar-refractivity contribution >= 4 is 28.1 Å². The van der Waals surface area contributed by atoms with Crippen molar-refractivity contribution in [2.75, 3.05) is 23.3 Å². The number of piperidine rings is 1. The number of hydrogen-bond acceptors (Lipinski definition) is 5. The molecule has 0 unspecified atom stereocenters. The molecule has 1 aliphatic heterocycles. The molecule has 1 fully saturated rings. The van der Waals surface area contributed by atoms with E-state index in [2.05, 4.69) is 37.7 Å². The van der Waals surface area contributed by atoms with Gasteiger partial charge < -0.3 is 10.2 Å². The first-order chi connectivity index (χ1) is 10.8. The lowest BCUT2D eigenvalue weighted by atomic mass is 9.96. The molecule has 3 rings (SSSR count). The molecule has 1 saturated heterocycles. The Hall–Kier alpha value is -1.95. The Bertz CT molecular complexity index is 551. The molecule has 3 heterocycles. The third kappa shape index (κ3) is 4.27. The zero-order valence-corrected chi connectivity index (χ0v) is 13.8. The molecule has 0 spiro atoms. The van der Waals surface area contributed by atoms with Gasteiger partial charge in [0.1, 0.15) is 0 Å². The number of anilines is 2. The van der Waals surface area contributed by atoms with E-state index in [9.17, 15) is 4.79 Å². The van der Waals surface area contributed by atoms with Crippen LogP contribution >= 0.6 is 11.3 Å². The van der Waals surface area contributed by atoms with E-state index < -0.39 is 0 Å². The zero-order chi connectivity index (χ0) is 15.8. The van der Waals surface area contributed by atoms with Crippen LogP contribution in [0.5, 0.6) is 0 Å². The Morgan fingerprint density at radius 3 is 2.68 bits per heavy atom. The number of amides is 1. The second-order valence-electron chi connectivity index (χ2n) is 4.79. The third-order valence-corrected chi connectivity index (χ3v) is 4.43. The summed E-state index contributed by atoms with van der Waals surface area (Å²) in [5.74, 6) is 0.641.